The molecule has 2 heteroatoms. The molecule has 0 saturated carbocycles. The molecule has 0 radical (unpaired) electrons. The van der Waals surface area contributed by atoms with E-state index in [2.05, 4.69) is 121 Å². The number of rotatable bonds is 3. The van der Waals surface area contributed by atoms with Crippen LogP contribution < -0.4 is 0 Å². The lowest BCUT2D eigenvalue weighted by Gasteiger charge is -2.15. The Hall–Kier alpha value is -4.79. The van der Waals surface area contributed by atoms with E-state index in [0.717, 1.165) is 10.8 Å². The lowest BCUT2D eigenvalue weighted by atomic mass is 9.88. The molecular formula is C38H23FS. The van der Waals surface area contributed by atoms with E-state index in [1.165, 1.54) is 70.4 Å². The molecule has 0 aliphatic heterocycles. The van der Waals surface area contributed by atoms with E-state index in [9.17, 15) is 4.39 Å². The van der Waals surface area contributed by atoms with Crippen molar-refractivity contribution < 1.29 is 4.39 Å². The van der Waals surface area contributed by atoms with Crippen molar-refractivity contribution in [2.24, 2.45) is 0 Å². The van der Waals surface area contributed by atoms with Crippen molar-refractivity contribution in [3.05, 3.63) is 145 Å². The molecule has 0 bridgehead atoms. The lowest BCUT2D eigenvalue weighted by Crippen LogP contribution is -1.89. The van der Waals surface area contributed by atoms with Gasteiger partial charge >= 0.3 is 0 Å². The third kappa shape index (κ3) is 3.72. The molecule has 0 aliphatic rings. The van der Waals surface area contributed by atoms with Crippen molar-refractivity contribution in [2.45, 2.75) is 0 Å². The Balaban J connectivity index is 1.33. The number of thiophene rings is 1. The SMILES string of the molecule is Fc1ccc2cc3sc4ccc(-c5ccc(-c6ccccc6-c6ccccc6)c6ccccc56)cc4c3cc2c1. The Labute approximate surface area is 235 Å². The maximum atomic E-state index is 14.0. The van der Waals surface area contributed by atoms with Gasteiger partial charge in [-0.25, -0.2) is 4.39 Å². The van der Waals surface area contributed by atoms with Gasteiger partial charge in [-0.1, -0.05) is 103 Å². The van der Waals surface area contributed by atoms with E-state index in [1.54, 1.807) is 17.4 Å². The molecule has 0 nitrogen and oxygen atoms in total. The Kier molecular flexibility index (Phi) is 5.29. The van der Waals surface area contributed by atoms with Crippen molar-refractivity contribution in [2.75, 3.05) is 0 Å². The normalized spacial score (nSPS) is 11.6. The Bertz CT molecular complexity index is 2220. The summed E-state index contributed by atoms with van der Waals surface area (Å²) < 4.78 is 16.5. The van der Waals surface area contributed by atoms with Gasteiger partial charge in [0.25, 0.3) is 0 Å². The summed E-state index contributed by atoms with van der Waals surface area (Å²) in [6, 6.07) is 48.6. The summed E-state index contributed by atoms with van der Waals surface area (Å²) in [7, 11) is 0. The van der Waals surface area contributed by atoms with Crippen LogP contribution in [0.2, 0.25) is 0 Å². The minimum absolute atomic E-state index is 0.201. The quantitative estimate of drug-likeness (QED) is 0.213. The van der Waals surface area contributed by atoms with Crippen LogP contribution in [-0.4, -0.2) is 0 Å². The zero-order valence-corrected chi connectivity index (χ0v) is 22.4. The van der Waals surface area contributed by atoms with Gasteiger partial charge in [-0.3, -0.25) is 0 Å². The van der Waals surface area contributed by atoms with Crippen LogP contribution in [0.15, 0.2) is 140 Å². The molecule has 0 amide bonds. The molecule has 1 aromatic heterocycles. The predicted molar refractivity (Wildman–Crippen MR) is 171 cm³/mol. The highest BCUT2D eigenvalue weighted by Crippen LogP contribution is 2.42. The predicted octanol–water partition coefficient (Wildman–Crippen LogP) is 11.5. The average molecular weight is 531 g/mol. The molecule has 0 atom stereocenters. The minimum atomic E-state index is -0.201. The van der Waals surface area contributed by atoms with Crippen LogP contribution in [0.25, 0.3) is 75.1 Å². The number of hydrogen-bond acceptors (Lipinski definition) is 1. The third-order valence-corrected chi connectivity index (χ3v) is 9.06. The maximum Gasteiger partial charge on any atom is 0.123 e. The molecule has 0 aliphatic carbocycles. The molecule has 0 fully saturated rings. The van der Waals surface area contributed by atoms with E-state index in [0.29, 0.717) is 0 Å². The number of hydrogen-bond donors (Lipinski definition) is 0. The van der Waals surface area contributed by atoms with E-state index >= 15 is 0 Å². The van der Waals surface area contributed by atoms with Crippen molar-refractivity contribution >= 4 is 53.1 Å². The van der Waals surface area contributed by atoms with Crippen LogP contribution in [-0.2, 0) is 0 Å². The van der Waals surface area contributed by atoms with Crippen molar-refractivity contribution in [1.82, 2.24) is 0 Å². The fourth-order valence-electron chi connectivity index (χ4n) is 6.03. The summed E-state index contributed by atoms with van der Waals surface area (Å²) in [4.78, 5) is 0. The van der Waals surface area contributed by atoms with Crippen LogP contribution in [0.3, 0.4) is 0 Å². The van der Waals surface area contributed by atoms with E-state index < -0.39 is 0 Å². The smallest absolute Gasteiger partial charge is 0.123 e. The Morgan fingerprint density at radius 1 is 0.375 bits per heavy atom. The van der Waals surface area contributed by atoms with Crippen LogP contribution in [0.4, 0.5) is 4.39 Å². The van der Waals surface area contributed by atoms with Gasteiger partial charge in [-0.05, 0) is 91.3 Å². The van der Waals surface area contributed by atoms with Crippen molar-refractivity contribution in [1.29, 1.82) is 0 Å². The molecule has 8 rings (SSSR count). The molecule has 0 unspecified atom stereocenters. The topological polar surface area (TPSA) is 0 Å². The molecule has 40 heavy (non-hydrogen) atoms. The van der Waals surface area contributed by atoms with Crippen LogP contribution in [0.1, 0.15) is 0 Å². The number of halogens is 1. The average Bonchev–Trinajstić information content (AvgIpc) is 3.36. The van der Waals surface area contributed by atoms with Crippen LogP contribution >= 0.6 is 11.3 Å². The highest BCUT2D eigenvalue weighted by atomic mass is 32.1. The number of benzene rings is 7. The van der Waals surface area contributed by atoms with Gasteiger partial charge in [-0.2, -0.15) is 0 Å². The first-order chi connectivity index (χ1) is 19.7. The molecule has 1 heterocycles. The second kappa shape index (κ2) is 9.15. The zero-order chi connectivity index (χ0) is 26.6. The summed E-state index contributed by atoms with van der Waals surface area (Å²) >= 11 is 1.79. The highest BCUT2D eigenvalue weighted by molar-refractivity contribution is 7.25. The fraction of sp³-hybridized carbons (Fsp3) is 0. The molecule has 188 valence electrons. The molecule has 0 saturated heterocycles. The molecular weight excluding hydrogens is 507 g/mol. The third-order valence-electron chi connectivity index (χ3n) is 7.93. The second-order valence-electron chi connectivity index (χ2n) is 10.3. The highest BCUT2D eigenvalue weighted by Gasteiger charge is 2.14. The first kappa shape index (κ1) is 23.1. The Morgan fingerprint density at radius 3 is 1.93 bits per heavy atom. The molecule has 0 spiro atoms. The summed E-state index contributed by atoms with van der Waals surface area (Å²) in [5.74, 6) is -0.201. The largest absolute Gasteiger partial charge is 0.207 e. The van der Waals surface area contributed by atoms with Gasteiger partial charge in [0.05, 0.1) is 0 Å². The number of fused-ring (bicyclic) bond motifs is 5. The van der Waals surface area contributed by atoms with Crippen LogP contribution in [0, 0.1) is 5.82 Å². The zero-order valence-electron chi connectivity index (χ0n) is 21.6. The molecule has 8 aromatic rings. The standard InChI is InChI=1S/C38H23FS/c39-28-16-14-25-23-38-36(22-27(25)20-28)35-21-26(15-19-37(35)40-38)30-17-18-34(33-13-7-6-12-32(30)33)31-11-5-4-10-29(31)24-8-2-1-3-9-24/h1-23H. The molecule has 0 N–H and O–H groups in total. The van der Waals surface area contributed by atoms with Crippen molar-refractivity contribution in [3.8, 4) is 33.4 Å². The minimum Gasteiger partial charge on any atom is -0.207 e. The van der Waals surface area contributed by atoms with Gasteiger partial charge < -0.3 is 0 Å². The van der Waals surface area contributed by atoms with Gasteiger partial charge in [0.2, 0.25) is 0 Å². The van der Waals surface area contributed by atoms with Gasteiger partial charge in [0, 0.05) is 20.2 Å². The first-order valence-electron chi connectivity index (χ1n) is 13.5. The summed E-state index contributed by atoms with van der Waals surface area (Å²) in [6.45, 7) is 0. The second-order valence-corrected chi connectivity index (χ2v) is 11.4. The van der Waals surface area contributed by atoms with Crippen LogP contribution in [0.5, 0.6) is 0 Å². The Morgan fingerprint density at radius 2 is 1.07 bits per heavy atom. The van der Waals surface area contributed by atoms with Crippen molar-refractivity contribution in [3.63, 3.8) is 0 Å². The van der Waals surface area contributed by atoms with Gasteiger partial charge in [0.1, 0.15) is 5.82 Å². The lowest BCUT2D eigenvalue weighted by molar-refractivity contribution is 0.630. The van der Waals surface area contributed by atoms with E-state index in [-0.39, 0.29) is 5.82 Å². The van der Waals surface area contributed by atoms with E-state index in [1.807, 2.05) is 6.07 Å². The monoisotopic (exact) mass is 530 g/mol. The van der Waals surface area contributed by atoms with Gasteiger partial charge in [0.15, 0.2) is 0 Å². The van der Waals surface area contributed by atoms with E-state index in [4.69, 9.17) is 0 Å². The fourth-order valence-corrected chi connectivity index (χ4v) is 7.15. The first-order valence-corrected chi connectivity index (χ1v) is 14.3. The summed E-state index contributed by atoms with van der Waals surface area (Å²) in [5, 5.41) is 6.86. The van der Waals surface area contributed by atoms with Gasteiger partial charge in [-0.15, -0.1) is 11.3 Å². The molecule has 7 aromatic carbocycles. The summed E-state index contributed by atoms with van der Waals surface area (Å²) in [6.07, 6.45) is 0. The summed E-state index contributed by atoms with van der Waals surface area (Å²) in [5.41, 5.74) is 7.31. The maximum absolute atomic E-state index is 14.0.